The zero-order chi connectivity index (χ0) is 5.11. The van der Waals surface area contributed by atoms with E-state index in [9.17, 15) is 0 Å². The summed E-state index contributed by atoms with van der Waals surface area (Å²) in [5.74, 6) is 0. The van der Waals surface area contributed by atoms with Crippen LogP contribution in [-0.2, 0) is 0 Å². The molecule has 1 rings (SSSR count). The number of hydrogen-bond acceptors (Lipinski definition) is 0. The predicted molar refractivity (Wildman–Crippen MR) is 34.1 cm³/mol. The van der Waals surface area contributed by atoms with Gasteiger partial charge in [0.05, 0.1) is 0 Å². The van der Waals surface area contributed by atoms with Crippen molar-refractivity contribution in [2.45, 2.75) is 0 Å². The van der Waals surface area contributed by atoms with Gasteiger partial charge < -0.3 is 0 Å². The molecule has 0 atom stereocenters. The molecule has 0 amide bonds. The molecule has 44 valence electrons. The third-order valence-corrected chi connectivity index (χ3v) is 1.26. The minimum absolute atomic E-state index is 0. The first kappa shape index (κ1) is 8.96. The van der Waals surface area contributed by atoms with Crippen LogP contribution in [0.2, 0.25) is 0 Å². The molecule has 0 N–H and O–H groups in total. The summed E-state index contributed by atoms with van der Waals surface area (Å²) in [4.78, 5) is 0. The molecule has 0 saturated heterocycles. The molecular weight excluding hydrogens is 192 g/mol. The normalized spacial score (nSPS) is 7.62. The maximum absolute atomic E-state index is 3.31. The Hall–Kier alpha value is 0.960. The van der Waals surface area contributed by atoms with Gasteiger partial charge in [-0.1, -0.05) is 34.1 Å². The van der Waals surface area contributed by atoms with Crippen molar-refractivity contribution in [3.05, 3.63) is 34.8 Å². The van der Waals surface area contributed by atoms with Crippen LogP contribution in [-0.4, -0.2) is 0 Å². The van der Waals surface area contributed by atoms with Gasteiger partial charge in [-0.25, -0.2) is 0 Å². The SMILES string of the molecule is Brc1ccccc1.[Ar]. The van der Waals surface area contributed by atoms with Crippen LogP contribution in [0.15, 0.2) is 34.8 Å². The predicted octanol–water partition coefficient (Wildman–Crippen LogP) is 2.45. The standard InChI is InChI=1S/C6H5Br.Ar/c7-6-4-2-1-3-5-6;/h1-5H;. The molecule has 1 aromatic rings. The van der Waals surface area contributed by atoms with Crippen molar-refractivity contribution in [1.29, 1.82) is 0 Å². The summed E-state index contributed by atoms with van der Waals surface area (Å²) in [5, 5.41) is 0. The Kier molecular flexibility index (Phi) is 5.38. The first-order valence-corrected chi connectivity index (χ1v) is 2.89. The molecule has 0 fully saturated rings. The molecule has 0 saturated carbocycles. The van der Waals surface area contributed by atoms with Crippen molar-refractivity contribution < 1.29 is 37.7 Å². The Morgan fingerprint density at radius 1 is 1.00 bits per heavy atom. The summed E-state index contributed by atoms with van der Waals surface area (Å²) in [7, 11) is 0. The van der Waals surface area contributed by atoms with Gasteiger partial charge in [-0.2, -0.15) is 0 Å². The average molecular weight is 197 g/mol. The second-order valence-corrected chi connectivity index (χ2v) is 2.21. The quantitative estimate of drug-likeness (QED) is 0.599. The summed E-state index contributed by atoms with van der Waals surface area (Å²) in [6.07, 6.45) is 0. The van der Waals surface area contributed by atoms with Crippen LogP contribution in [0.5, 0.6) is 0 Å². The molecule has 0 aliphatic rings. The summed E-state index contributed by atoms with van der Waals surface area (Å²) in [5.41, 5.74) is 0. The van der Waals surface area contributed by atoms with E-state index in [4.69, 9.17) is 0 Å². The first-order chi connectivity index (χ1) is 3.39. The van der Waals surface area contributed by atoms with Crippen LogP contribution in [0.3, 0.4) is 0 Å². The van der Waals surface area contributed by atoms with Gasteiger partial charge in [-0.15, -0.1) is 0 Å². The van der Waals surface area contributed by atoms with Gasteiger partial charge in [-0.05, 0) is 12.1 Å². The summed E-state index contributed by atoms with van der Waals surface area (Å²) < 4.78 is 1.13. The van der Waals surface area contributed by atoms with E-state index in [1.54, 1.807) is 0 Å². The Morgan fingerprint density at radius 3 is 1.75 bits per heavy atom. The Labute approximate surface area is 87.4 Å². The monoisotopic (exact) mass is 196 g/mol. The van der Waals surface area contributed by atoms with Crippen molar-refractivity contribution in [2.24, 2.45) is 0 Å². The molecule has 0 nitrogen and oxygen atoms in total. The van der Waals surface area contributed by atoms with Gasteiger partial charge in [0.1, 0.15) is 0 Å². The van der Waals surface area contributed by atoms with E-state index >= 15 is 0 Å². The van der Waals surface area contributed by atoms with Crippen molar-refractivity contribution in [3.63, 3.8) is 0 Å². The van der Waals surface area contributed by atoms with Crippen LogP contribution in [0.4, 0.5) is 0 Å². The molecule has 0 spiro atoms. The zero-order valence-electron chi connectivity index (χ0n) is 4.12. The molecule has 8 heavy (non-hydrogen) atoms. The summed E-state index contributed by atoms with van der Waals surface area (Å²) in [6.45, 7) is 0. The Balaban J connectivity index is 0.000000490. The van der Waals surface area contributed by atoms with Crippen molar-refractivity contribution in [3.8, 4) is 0 Å². The number of rotatable bonds is 0. The maximum Gasteiger partial charge on any atom is 0.0175 e. The van der Waals surface area contributed by atoms with Gasteiger partial charge in [-0.3, -0.25) is 0 Å². The fraction of sp³-hybridized carbons (Fsp3) is 0. The largest absolute Gasteiger partial charge is 0.0622 e. The van der Waals surface area contributed by atoms with Crippen LogP contribution >= 0.6 is 15.9 Å². The van der Waals surface area contributed by atoms with E-state index < -0.39 is 0 Å². The van der Waals surface area contributed by atoms with Gasteiger partial charge in [0.25, 0.3) is 0 Å². The molecule has 0 aliphatic carbocycles. The fourth-order valence-corrected chi connectivity index (χ4v) is 0.720. The smallest absolute Gasteiger partial charge is 0.0175 e. The van der Waals surface area contributed by atoms with E-state index in [1.165, 1.54) is 0 Å². The first-order valence-electron chi connectivity index (χ1n) is 2.10. The van der Waals surface area contributed by atoms with Crippen LogP contribution in [0.1, 0.15) is 0 Å². The summed E-state index contributed by atoms with van der Waals surface area (Å²) >= 11 is 3.31. The zero-order valence-corrected chi connectivity index (χ0v) is 6.41. The maximum atomic E-state index is 3.31. The minimum Gasteiger partial charge on any atom is -0.0622 e. The molecule has 1 aromatic carbocycles. The number of hydrogen-bond donors (Lipinski definition) is 0. The molecular formula is C6H5ArBr. The molecule has 2 heteroatoms. The number of halogens is 1. The molecule has 0 bridgehead atoms. The molecule has 0 heterocycles. The van der Waals surface area contributed by atoms with Gasteiger partial charge in [0.2, 0.25) is 0 Å². The van der Waals surface area contributed by atoms with E-state index in [0.717, 1.165) is 4.47 Å². The van der Waals surface area contributed by atoms with Crippen molar-refractivity contribution in [2.75, 3.05) is 0 Å². The molecule has 0 unspecified atom stereocenters. The van der Waals surface area contributed by atoms with Gasteiger partial charge in [0, 0.05) is 42.2 Å². The Morgan fingerprint density at radius 2 is 1.50 bits per heavy atom. The number of benzene rings is 1. The summed E-state index contributed by atoms with van der Waals surface area (Å²) in [6, 6.07) is 9.97. The van der Waals surface area contributed by atoms with Gasteiger partial charge >= 0.3 is 0 Å². The molecule has 0 aromatic heterocycles. The van der Waals surface area contributed by atoms with Crippen molar-refractivity contribution >= 4 is 15.9 Å². The van der Waals surface area contributed by atoms with Crippen LogP contribution < -0.4 is 0 Å². The van der Waals surface area contributed by atoms with E-state index in [1.807, 2.05) is 30.3 Å². The van der Waals surface area contributed by atoms with E-state index in [-0.39, 0.29) is 37.7 Å². The van der Waals surface area contributed by atoms with E-state index in [2.05, 4.69) is 15.9 Å². The van der Waals surface area contributed by atoms with Crippen LogP contribution in [0, 0.1) is 37.7 Å². The minimum atomic E-state index is 0. The fourth-order valence-electron chi connectivity index (χ4n) is 0.415. The average Bonchev–Trinajstić information content (AvgIpc) is 1.69. The third-order valence-electron chi connectivity index (χ3n) is 0.733. The molecule has 0 radical (unpaired) electrons. The van der Waals surface area contributed by atoms with Gasteiger partial charge in [0.15, 0.2) is 0 Å². The second kappa shape index (κ2) is 4.80. The third kappa shape index (κ3) is 3.08. The topological polar surface area (TPSA) is 0 Å². The Bertz CT molecular complexity index is 138. The van der Waals surface area contributed by atoms with E-state index in [0.29, 0.717) is 0 Å². The van der Waals surface area contributed by atoms with Crippen molar-refractivity contribution in [1.82, 2.24) is 0 Å². The van der Waals surface area contributed by atoms with Crippen LogP contribution in [0.25, 0.3) is 0 Å². The molecule has 0 aliphatic heterocycles. The second-order valence-electron chi connectivity index (χ2n) is 1.30.